The fraction of sp³-hybridized carbons (Fsp3) is 0.300. The molecule has 4 aromatic rings. The van der Waals surface area contributed by atoms with Crippen molar-refractivity contribution in [2.75, 3.05) is 0 Å². The molecule has 1 unspecified atom stereocenters. The number of hydrogen-bond acceptors (Lipinski definition) is 7. The van der Waals surface area contributed by atoms with Crippen LogP contribution in [0.1, 0.15) is 55.2 Å². The highest BCUT2D eigenvalue weighted by Gasteiger charge is 2.48. The van der Waals surface area contributed by atoms with E-state index in [1.165, 1.54) is 19.3 Å². The van der Waals surface area contributed by atoms with E-state index in [0.29, 0.717) is 47.0 Å². The summed E-state index contributed by atoms with van der Waals surface area (Å²) >= 11 is 1.14. The minimum atomic E-state index is -1.82. The summed E-state index contributed by atoms with van der Waals surface area (Å²) in [5.74, 6) is -1.25. The van der Waals surface area contributed by atoms with E-state index in [1.807, 2.05) is 60.7 Å². The highest BCUT2D eigenvalue weighted by atomic mass is 32.1. The third kappa shape index (κ3) is 4.77. The number of nitrogens with zero attached hydrogens (tertiary/aromatic N) is 2. The lowest BCUT2D eigenvalue weighted by Crippen LogP contribution is -2.30. The second-order valence-electron chi connectivity index (χ2n) is 9.86. The number of rotatable bonds is 7. The van der Waals surface area contributed by atoms with Crippen molar-refractivity contribution in [3.63, 3.8) is 0 Å². The average molecular weight is 513 g/mol. The lowest BCUT2D eigenvalue weighted by atomic mass is 9.80. The van der Waals surface area contributed by atoms with E-state index in [-0.39, 0.29) is 0 Å². The molecular formula is C30H28N2O4S. The Hall–Kier alpha value is -3.55. The van der Waals surface area contributed by atoms with Gasteiger partial charge >= 0.3 is 5.97 Å². The smallest absolute Gasteiger partial charge is 0.341 e. The Kier molecular flexibility index (Phi) is 6.49. The standard InChI is InChI=1S/C30H28N2O4S/c33-29-28(22-11-16-26-27(18-22)32-37-31-26)25(17-20-7-3-1-4-8-20)30(34,36-29)23-12-14-24(15-13-23)35-19-21-9-5-2-6-10-21/h2,5-6,9-16,18,20,34H,1,3-4,7-8,17,19H2. The van der Waals surface area contributed by atoms with Gasteiger partial charge in [-0.05, 0) is 59.9 Å². The molecule has 0 spiro atoms. The number of fused-ring (bicyclic) bond motifs is 1. The van der Waals surface area contributed by atoms with Crippen LogP contribution in [0.5, 0.6) is 5.75 Å². The molecule has 2 aliphatic rings. The van der Waals surface area contributed by atoms with Gasteiger partial charge in [0.05, 0.1) is 17.3 Å². The summed E-state index contributed by atoms with van der Waals surface area (Å²) in [6.45, 7) is 0.449. The molecule has 0 saturated heterocycles. The largest absolute Gasteiger partial charge is 0.489 e. The van der Waals surface area contributed by atoms with E-state index < -0.39 is 11.8 Å². The number of carbonyl (C=O) groups is 1. The maximum absolute atomic E-state index is 13.3. The Morgan fingerprint density at radius 1 is 0.946 bits per heavy atom. The molecule has 0 radical (unpaired) electrons. The van der Waals surface area contributed by atoms with Gasteiger partial charge in [0, 0.05) is 11.1 Å². The summed E-state index contributed by atoms with van der Waals surface area (Å²) in [6.07, 6.45) is 6.36. The van der Waals surface area contributed by atoms with Gasteiger partial charge in [-0.3, -0.25) is 0 Å². The van der Waals surface area contributed by atoms with Crippen LogP contribution in [-0.4, -0.2) is 19.8 Å². The first-order valence-corrected chi connectivity index (χ1v) is 13.5. The Balaban J connectivity index is 1.34. The van der Waals surface area contributed by atoms with E-state index in [0.717, 1.165) is 41.2 Å². The molecule has 1 fully saturated rings. The molecular weight excluding hydrogens is 484 g/mol. The lowest BCUT2D eigenvalue weighted by molar-refractivity contribution is -0.185. The Morgan fingerprint density at radius 3 is 2.49 bits per heavy atom. The summed E-state index contributed by atoms with van der Waals surface area (Å²) in [6, 6.07) is 22.7. The molecule has 6 rings (SSSR count). The highest BCUT2D eigenvalue weighted by molar-refractivity contribution is 7.00. The molecule has 6 nitrogen and oxygen atoms in total. The van der Waals surface area contributed by atoms with Gasteiger partial charge in [0.1, 0.15) is 23.4 Å². The molecule has 1 N–H and O–H groups in total. The fourth-order valence-corrected chi connectivity index (χ4v) is 5.96. The monoisotopic (exact) mass is 512 g/mol. The zero-order valence-electron chi connectivity index (χ0n) is 20.4. The third-order valence-electron chi connectivity index (χ3n) is 7.41. The number of hydrogen-bond donors (Lipinski definition) is 1. The van der Waals surface area contributed by atoms with E-state index in [9.17, 15) is 9.90 Å². The van der Waals surface area contributed by atoms with Crippen LogP contribution in [0.15, 0.2) is 78.4 Å². The molecule has 2 heterocycles. The van der Waals surface area contributed by atoms with Crippen LogP contribution in [0.3, 0.4) is 0 Å². The third-order valence-corrected chi connectivity index (χ3v) is 7.97. The second kappa shape index (κ2) is 10.1. The molecule has 0 bridgehead atoms. The second-order valence-corrected chi connectivity index (χ2v) is 10.4. The lowest BCUT2D eigenvalue weighted by Gasteiger charge is -2.29. The zero-order chi connectivity index (χ0) is 25.2. The van der Waals surface area contributed by atoms with E-state index in [2.05, 4.69) is 8.75 Å². The van der Waals surface area contributed by atoms with Gasteiger partial charge in [0.2, 0.25) is 0 Å². The minimum Gasteiger partial charge on any atom is -0.489 e. The molecule has 7 heteroatoms. The van der Waals surface area contributed by atoms with Crippen molar-refractivity contribution < 1.29 is 19.4 Å². The van der Waals surface area contributed by atoms with Crippen molar-refractivity contribution in [3.8, 4) is 5.75 Å². The topological polar surface area (TPSA) is 81.5 Å². The normalized spacial score (nSPS) is 20.4. The molecule has 1 aliphatic carbocycles. The fourth-order valence-electron chi connectivity index (χ4n) is 5.44. The number of ether oxygens (including phenoxy) is 2. The number of benzene rings is 3. The van der Waals surface area contributed by atoms with Crippen LogP contribution in [0.2, 0.25) is 0 Å². The average Bonchev–Trinajstić information content (AvgIpc) is 3.50. The van der Waals surface area contributed by atoms with Crippen molar-refractivity contribution in [1.29, 1.82) is 0 Å². The minimum absolute atomic E-state index is 0.401. The van der Waals surface area contributed by atoms with Crippen LogP contribution in [0.25, 0.3) is 16.6 Å². The quantitative estimate of drug-likeness (QED) is 0.289. The number of esters is 1. The maximum Gasteiger partial charge on any atom is 0.341 e. The predicted octanol–water partition coefficient (Wildman–Crippen LogP) is 6.40. The summed E-state index contributed by atoms with van der Waals surface area (Å²) in [5, 5.41) is 12.0. The van der Waals surface area contributed by atoms with Crippen molar-refractivity contribution >= 4 is 34.3 Å². The van der Waals surface area contributed by atoms with Crippen molar-refractivity contribution in [2.45, 2.75) is 50.9 Å². The van der Waals surface area contributed by atoms with Gasteiger partial charge < -0.3 is 14.6 Å². The van der Waals surface area contributed by atoms with Crippen LogP contribution in [0.4, 0.5) is 0 Å². The first kappa shape index (κ1) is 23.8. The number of cyclic esters (lactones) is 1. The van der Waals surface area contributed by atoms with Crippen molar-refractivity contribution in [3.05, 3.63) is 95.1 Å². The Bertz CT molecular complexity index is 1440. The van der Waals surface area contributed by atoms with Gasteiger partial charge in [0.25, 0.3) is 5.79 Å². The van der Waals surface area contributed by atoms with Crippen molar-refractivity contribution in [1.82, 2.24) is 8.75 Å². The van der Waals surface area contributed by atoms with Gasteiger partial charge in [-0.15, -0.1) is 0 Å². The SMILES string of the molecule is O=C1OC(O)(c2ccc(OCc3ccccc3)cc2)C(CC2CCCCC2)=C1c1ccc2nsnc2c1. The molecule has 0 amide bonds. The maximum atomic E-state index is 13.3. The molecule has 37 heavy (non-hydrogen) atoms. The summed E-state index contributed by atoms with van der Waals surface area (Å²) < 4.78 is 20.3. The number of aromatic nitrogens is 2. The van der Waals surface area contributed by atoms with E-state index in [1.54, 1.807) is 12.1 Å². The van der Waals surface area contributed by atoms with Gasteiger partial charge in [-0.1, -0.05) is 68.5 Å². The number of carbonyl (C=O) groups excluding carboxylic acids is 1. The molecule has 1 aromatic heterocycles. The van der Waals surface area contributed by atoms with Gasteiger partial charge in [-0.2, -0.15) is 8.75 Å². The molecule has 3 aromatic carbocycles. The molecule has 1 aliphatic heterocycles. The molecule has 188 valence electrons. The van der Waals surface area contributed by atoms with Crippen LogP contribution in [-0.2, 0) is 21.9 Å². The first-order chi connectivity index (χ1) is 18.1. The summed E-state index contributed by atoms with van der Waals surface area (Å²) in [7, 11) is 0. The summed E-state index contributed by atoms with van der Waals surface area (Å²) in [4.78, 5) is 13.3. The predicted molar refractivity (Wildman–Crippen MR) is 143 cm³/mol. The Morgan fingerprint density at radius 2 is 1.70 bits per heavy atom. The van der Waals surface area contributed by atoms with Crippen LogP contribution >= 0.6 is 11.7 Å². The molecule has 1 saturated carbocycles. The van der Waals surface area contributed by atoms with E-state index >= 15 is 0 Å². The van der Waals surface area contributed by atoms with Crippen LogP contribution < -0.4 is 4.74 Å². The number of aliphatic hydroxyl groups is 1. The zero-order valence-corrected chi connectivity index (χ0v) is 21.2. The Labute approximate surface area is 219 Å². The highest BCUT2D eigenvalue weighted by Crippen LogP contribution is 2.47. The van der Waals surface area contributed by atoms with Gasteiger partial charge in [0.15, 0.2) is 0 Å². The molecule has 1 atom stereocenters. The van der Waals surface area contributed by atoms with E-state index in [4.69, 9.17) is 9.47 Å². The van der Waals surface area contributed by atoms with Crippen LogP contribution in [0, 0.1) is 5.92 Å². The first-order valence-electron chi connectivity index (χ1n) is 12.8. The van der Waals surface area contributed by atoms with Crippen molar-refractivity contribution in [2.24, 2.45) is 5.92 Å². The summed E-state index contributed by atoms with van der Waals surface area (Å²) in [5.41, 5.74) is 4.88. The van der Waals surface area contributed by atoms with Gasteiger partial charge in [-0.25, -0.2) is 4.79 Å².